The van der Waals surface area contributed by atoms with Gasteiger partial charge in [0, 0.05) is 12.8 Å². The van der Waals surface area contributed by atoms with Gasteiger partial charge < -0.3 is 4.74 Å². The molecule has 1 saturated carbocycles. The molecule has 0 heterocycles. The van der Waals surface area contributed by atoms with E-state index in [0.717, 1.165) is 12.8 Å². The highest BCUT2D eigenvalue weighted by Gasteiger charge is 2.31. The largest absolute Gasteiger partial charge is 0.462 e. The first-order chi connectivity index (χ1) is 6.50. The molecule has 14 heavy (non-hydrogen) atoms. The van der Waals surface area contributed by atoms with Crippen LogP contribution in [-0.2, 0) is 14.3 Å². The molecule has 0 radical (unpaired) electrons. The summed E-state index contributed by atoms with van der Waals surface area (Å²) in [5, 5.41) is 0. The molecule has 0 amide bonds. The number of carbonyl (C=O) groups excluding carboxylic acids is 2. The highest BCUT2D eigenvalue weighted by atomic mass is 16.5. The van der Waals surface area contributed by atoms with Crippen LogP contribution in [0.1, 0.15) is 40.0 Å². The van der Waals surface area contributed by atoms with E-state index in [0.29, 0.717) is 12.3 Å². The lowest BCUT2D eigenvalue weighted by atomic mass is 9.79. The minimum absolute atomic E-state index is 0.0600. The van der Waals surface area contributed by atoms with Gasteiger partial charge in [0.2, 0.25) is 0 Å². The summed E-state index contributed by atoms with van der Waals surface area (Å²) in [5.41, 5.74) is 0. The lowest BCUT2D eigenvalue weighted by Crippen LogP contribution is -2.33. The summed E-state index contributed by atoms with van der Waals surface area (Å²) in [4.78, 5) is 22.0. The van der Waals surface area contributed by atoms with Crippen molar-refractivity contribution >= 4 is 11.8 Å². The third-order valence-corrected chi connectivity index (χ3v) is 3.01. The maximum Gasteiger partial charge on any atom is 0.302 e. The van der Waals surface area contributed by atoms with Crippen LogP contribution in [0.4, 0.5) is 0 Å². The van der Waals surface area contributed by atoms with Gasteiger partial charge in [0.15, 0.2) is 0 Å². The van der Waals surface area contributed by atoms with Crippen LogP contribution in [0, 0.1) is 11.8 Å². The Morgan fingerprint density at radius 1 is 1.21 bits per heavy atom. The zero-order valence-electron chi connectivity index (χ0n) is 9.08. The number of carbonyl (C=O) groups is 2. The van der Waals surface area contributed by atoms with Gasteiger partial charge in [0.1, 0.15) is 11.9 Å². The molecule has 0 N–H and O–H groups in total. The summed E-state index contributed by atoms with van der Waals surface area (Å²) in [7, 11) is 0. The molecule has 0 bridgehead atoms. The zero-order valence-corrected chi connectivity index (χ0v) is 9.08. The van der Waals surface area contributed by atoms with Crippen molar-refractivity contribution in [1.29, 1.82) is 0 Å². The average Bonchev–Trinajstić information content (AvgIpc) is 2.07. The van der Waals surface area contributed by atoms with Crippen molar-refractivity contribution in [2.45, 2.75) is 46.1 Å². The Balaban J connectivity index is 2.55. The number of rotatable bonds is 2. The van der Waals surface area contributed by atoms with Crippen LogP contribution in [-0.4, -0.2) is 17.9 Å². The van der Waals surface area contributed by atoms with Crippen molar-refractivity contribution in [3.63, 3.8) is 0 Å². The smallest absolute Gasteiger partial charge is 0.302 e. The van der Waals surface area contributed by atoms with Crippen LogP contribution >= 0.6 is 0 Å². The maximum absolute atomic E-state index is 11.2. The Bertz CT molecular complexity index is 235. The van der Waals surface area contributed by atoms with Crippen LogP contribution in [0.25, 0.3) is 0 Å². The molecule has 0 aromatic heterocycles. The molecule has 1 rings (SSSR count). The first-order valence-corrected chi connectivity index (χ1v) is 5.18. The predicted octanol–water partition coefficient (Wildman–Crippen LogP) is 1.94. The Kier molecular flexibility index (Phi) is 3.67. The molecule has 0 spiro atoms. The molecule has 0 aromatic carbocycles. The van der Waals surface area contributed by atoms with Crippen molar-refractivity contribution in [2.75, 3.05) is 0 Å². The molecule has 1 unspecified atom stereocenters. The van der Waals surface area contributed by atoms with Crippen molar-refractivity contribution in [1.82, 2.24) is 0 Å². The van der Waals surface area contributed by atoms with Gasteiger partial charge >= 0.3 is 5.97 Å². The minimum Gasteiger partial charge on any atom is -0.462 e. The van der Waals surface area contributed by atoms with Gasteiger partial charge in [-0.15, -0.1) is 0 Å². The lowest BCUT2D eigenvalue weighted by molar-refractivity contribution is -0.152. The fraction of sp³-hybridized carbons (Fsp3) is 0.818. The molecular weight excluding hydrogens is 180 g/mol. The fourth-order valence-corrected chi connectivity index (χ4v) is 2.03. The molecule has 3 nitrogen and oxygen atoms in total. The fourth-order valence-electron chi connectivity index (χ4n) is 2.03. The van der Waals surface area contributed by atoms with Crippen LogP contribution in [0.3, 0.4) is 0 Å². The minimum atomic E-state index is -0.244. The summed E-state index contributed by atoms with van der Waals surface area (Å²) in [6.45, 7) is 5.11. The second-order valence-electron chi connectivity index (χ2n) is 4.25. The molecule has 1 fully saturated rings. The number of Topliss-reactive ketones (excluding diaryl/α,β-unsaturated/α-hetero) is 1. The summed E-state index contributed by atoms with van der Waals surface area (Å²) >= 11 is 0. The highest BCUT2D eigenvalue weighted by Crippen LogP contribution is 2.31. The predicted molar refractivity (Wildman–Crippen MR) is 52.7 cm³/mol. The standard InChI is InChI=1S/C11H18O3/c1-7-4-5-10(8(2)12)6-11(7)14-9(3)13/h7,10-11H,4-6H2,1-3H3/t7-,10?,11+/m0/s1. The second-order valence-corrected chi connectivity index (χ2v) is 4.25. The Hall–Kier alpha value is -0.860. The van der Waals surface area contributed by atoms with Gasteiger partial charge in [-0.25, -0.2) is 0 Å². The number of esters is 1. The normalized spacial score (nSPS) is 32.4. The van der Waals surface area contributed by atoms with Crippen molar-refractivity contribution in [3.05, 3.63) is 0 Å². The van der Waals surface area contributed by atoms with E-state index in [4.69, 9.17) is 4.74 Å². The second kappa shape index (κ2) is 4.58. The number of hydrogen-bond acceptors (Lipinski definition) is 3. The van der Waals surface area contributed by atoms with Crippen molar-refractivity contribution < 1.29 is 14.3 Å². The van der Waals surface area contributed by atoms with Crippen LogP contribution in [0.5, 0.6) is 0 Å². The first kappa shape index (κ1) is 11.2. The Morgan fingerprint density at radius 2 is 1.86 bits per heavy atom. The third kappa shape index (κ3) is 2.82. The molecule has 3 atom stereocenters. The molecule has 1 aliphatic carbocycles. The Morgan fingerprint density at radius 3 is 2.36 bits per heavy atom. The lowest BCUT2D eigenvalue weighted by Gasteiger charge is -2.32. The topological polar surface area (TPSA) is 43.4 Å². The maximum atomic E-state index is 11.2. The summed E-state index contributed by atoms with van der Waals surface area (Å²) in [6, 6.07) is 0. The number of ether oxygens (including phenoxy) is 1. The molecule has 0 aliphatic heterocycles. The molecule has 3 heteroatoms. The van der Waals surface area contributed by atoms with Gasteiger partial charge in [-0.3, -0.25) is 9.59 Å². The van der Waals surface area contributed by atoms with Gasteiger partial charge in [-0.2, -0.15) is 0 Å². The van der Waals surface area contributed by atoms with Crippen molar-refractivity contribution in [2.24, 2.45) is 11.8 Å². The molecule has 0 aromatic rings. The Labute approximate surface area is 84.8 Å². The molecule has 80 valence electrons. The van der Waals surface area contributed by atoms with Gasteiger partial charge in [-0.1, -0.05) is 6.92 Å². The molecule has 0 saturated heterocycles. The molecule has 1 aliphatic rings. The summed E-state index contributed by atoms with van der Waals surface area (Å²) in [6.07, 6.45) is 2.56. The average molecular weight is 198 g/mol. The van der Waals surface area contributed by atoms with Crippen LogP contribution in [0.2, 0.25) is 0 Å². The summed E-state index contributed by atoms with van der Waals surface area (Å²) < 4.78 is 5.19. The summed E-state index contributed by atoms with van der Waals surface area (Å²) in [5.74, 6) is 0.449. The zero-order chi connectivity index (χ0) is 10.7. The SMILES string of the molecule is CC(=O)O[C@@H]1CC(C(C)=O)CC[C@@H]1C. The monoisotopic (exact) mass is 198 g/mol. The first-order valence-electron chi connectivity index (χ1n) is 5.18. The van der Waals surface area contributed by atoms with E-state index in [2.05, 4.69) is 6.92 Å². The van der Waals surface area contributed by atoms with E-state index in [1.165, 1.54) is 6.92 Å². The van der Waals surface area contributed by atoms with E-state index < -0.39 is 0 Å². The van der Waals surface area contributed by atoms with E-state index in [-0.39, 0.29) is 23.8 Å². The van der Waals surface area contributed by atoms with Gasteiger partial charge in [-0.05, 0) is 32.1 Å². The van der Waals surface area contributed by atoms with E-state index in [9.17, 15) is 9.59 Å². The quantitative estimate of drug-likeness (QED) is 0.637. The number of hydrogen-bond donors (Lipinski definition) is 0. The molecular formula is C11H18O3. The van der Waals surface area contributed by atoms with E-state index in [1.807, 2.05) is 0 Å². The highest BCUT2D eigenvalue weighted by molar-refractivity contribution is 5.78. The third-order valence-electron chi connectivity index (χ3n) is 3.01. The van der Waals surface area contributed by atoms with Gasteiger partial charge in [0.05, 0.1) is 0 Å². The van der Waals surface area contributed by atoms with Crippen molar-refractivity contribution in [3.8, 4) is 0 Å². The van der Waals surface area contributed by atoms with Gasteiger partial charge in [0.25, 0.3) is 0 Å². The van der Waals surface area contributed by atoms with Crippen LogP contribution in [0.15, 0.2) is 0 Å². The van der Waals surface area contributed by atoms with E-state index in [1.54, 1.807) is 6.92 Å². The number of ketones is 1. The van der Waals surface area contributed by atoms with Crippen LogP contribution < -0.4 is 0 Å². The van der Waals surface area contributed by atoms with E-state index >= 15 is 0 Å².